The molecule has 118 valence electrons. The first-order valence-electron chi connectivity index (χ1n) is 7.22. The molecule has 2 aliphatic rings. The maximum absolute atomic E-state index is 11.4. The van der Waals surface area contributed by atoms with Crippen molar-refractivity contribution in [2.24, 2.45) is 10.9 Å². The quantitative estimate of drug-likeness (QED) is 0.431. The minimum Gasteiger partial charge on any atom is -0.354 e. The summed E-state index contributed by atoms with van der Waals surface area (Å²) in [7, 11) is -2.79. The largest absolute Gasteiger partial charge is 0.354 e. The summed E-state index contributed by atoms with van der Waals surface area (Å²) in [5.41, 5.74) is 0. The van der Waals surface area contributed by atoms with Gasteiger partial charge in [-0.2, -0.15) is 0 Å². The van der Waals surface area contributed by atoms with Crippen LogP contribution in [-0.4, -0.2) is 56.5 Å². The molecule has 5 nitrogen and oxygen atoms in total. The van der Waals surface area contributed by atoms with Crippen LogP contribution in [0.25, 0.3) is 0 Å². The van der Waals surface area contributed by atoms with E-state index in [1.165, 1.54) is 12.8 Å². The van der Waals surface area contributed by atoms with Gasteiger partial charge in [0.15, 0.2) is 15.8 Å². The Hall–Kier alpha value is -0.0500. The Labute approximate surface area is 139 Å². The van der Waals surface area contributed by atoms with Gasteiger partial charge in [-0.25, -0.2) is 8.42 Å². The normalized spacial score (nSPS) is 25.9. The number of likely N-dealkylation sites (tertiary alicyclic amines) is 1. The number of rotatable bonds is 3. The summed E-state index contributed by atoms with van der Waals surface area (Å²) in [5.74, 6) is 1.81. The summed E-state index contributed by atoms with van der Waals surface area (Å²) in [6.07, 6.45) is 3.20. The molecule has 0 amide bonds. The van der Waals surface area contributed by atoms with E-state index in [4.69, 9.17) is 0 Å². The van der Waals surface area contributed by atoms with Gasteiger partial charge in [-0.15, -0.1) is 24.0 Å². The molecule has 0 bridgehead atoms. The van der Waals surface area contributed by atoms with Gasteiger partial charge in [0.25, 0.3) is 0 Å². The summed E-state index contributed by atoms with van der Waals surface area (Å²) in [6, 6.07) is 0.353. The van der Waals surface area contributed by atoms with Crippen LogP contribution in [0.1, 0.15) is 33.1 Å². The van der Waals surface area contributed by atoms with Crippen LogP contribution in [0.3, 0.4) is 0 Å². The molecule has 0 aromatic rings. The molecule has 2 rings (SSSR count). The molecule has 0 aromatic heterocycles. The summed E-state index contributed by atoms with van der Waals surface area (Å²) in [6.45, 7) is 6.95. The maximum Gasteiger partial charge on any atom is 0.194 e. The van der Waals surface area contributed by atoms with Crippen molar-refractivity contribution in [1.29, 1.82) is 0 Å². The van der Waals surface area contributed by atoms with Crippen LogP contribution in [0, 0.1) is 5.92 Å². The van der Waals surface area contributed by atoms with Crippen molar-refractivity contribution in [1.82, 2.24) is 10.2 Å². The average molecular weight is 415 g/mol. The van der Waals surface area contributed by atoms with Gasteiger partial charge in [-0.3, -0.25) is 4.99 Å². The molecule has 0 saturated carbocycles. The minimum atomic E-state index is -2.79. The van der Waals surface area contributed by atoms with Crippen LogP contribution in [-0.2, 0) is 9.84 Å². The van der Waals surface area contributed by atoms with Crippen LogP contribution < -0.4 is 5.32 Å². The highest BCUT2D eigenvalue weighted by molar-refractivity contribution is 14.0. The summed E-state index contributed by atoms with van der Waals surface area (Å²) in [5, 5.41) is 3.39. The van der Waals surface area contributed by atoms with E-state index in [9.17, 15) is 8.42 Å². The molecule has 2 aliphatic heterocycles. The fourth-order valence-corrected chi connectivity index (χ4v) is 4.51. The predicted octanol–water partition coefficient (Wildman–Crippen LogP) is 1.49. The third-order valence-electron chi connectivity index (χ3n) is 3.65. The van der Waals surface area contributed by atoms with Crippen LogP contribution in [0.5, 0.6) is 0 Å². The van der Waals surface area contributed by atoms with E-state index in [0.717, 1.165) is 25.5 Å². The van der Waals surface area contributed by atoms with Gasteiger partial charge in [-0.05, 0) is 39.0 Å². The van der Waals surface area contributed by atoms with E-state index in [1.54, 1.807) is 0 Å². The van der Waals surface area contributed by atoms with Crippen molar-refractivity contribution in [3.63, 3.8) is 0 Å². The van der Waals surface area contributed by atoms with E-state index in [2.05, 4.69) is 29.1 Å². The fourth-order valence-electron chi connectivity index (χ4n) is 2.66. The van der Waals surface area contributed by atoms with E-state index in [-0.39, 0.29) is 29.9 Å². The van der Waals surface area contributed by atoms with Gasteiger partial charge >= 0.3 is 0 Å². The molecular formula is C13H26IN3O2S. The molecule has 2 heterocycles. The number of hydrogen-bond donors (Lipinski definition) is 1. The molecule has 0 radical (unpaired) electrons. The molecule has 0 aromatic carbocycles. The second-order valence-electron chi connectivity index (χ2n) is 5.93. The first-order valence-corrected chi connectivity index (χ1v) is 9.05. The van der Waals surface area contributed by atoms with Gasteiger partial charge in [0, 0.05) is 25.7 Å². The fraction of sp³-hybridized carbons (Fsp3) is 0.923. The average Bonchev–Trinajstić information content (AvgIpc) is 2.93. The van der Waals surface area contributed by atoms with Crippen molar-refractivity contribution in [3.8, 4) is 0 Å². The molecule has 2 fully saturated rings. The van der Waals surface area contributed by atoms with Gasteiger partial charge in [-0.1, -0.05) is 0 Å². The lowest BCUT2D eigenvalue weighted by Gasteiger charge is -2.23. The Morgan fingerprint density at radius 1 is 1.35 bits per heavy atom. The van der Waals surface area contributed by atoms with E-state index in [0.29, 0.717) is 24.1 Å². The first kappa shape index (κ1) is 18.0. The van der Waals surface area contributed by atoms with Gasteiger partial charge in [0.05, 0.1) is 11.5 Å². The smallest absolute Gasteiger partial charge is 0.194 e. The first-order chi connectivity index (χ1) is 8.96. The van der Waals surface area contributed by atoms with Crippen LogP contribution in [0.15, 0.2) is 4.99 Å². The monoisotopic (exact) mass is 415 g/mol. The third-order valence-corrected chi connectivity index (χ3v) is 5.49. The van der Waals surface area contributed by atoms with Gasteiger partial charge in [0.1, 0.15) is 0 Å². The SMILES string of the molecule is CC(C)NC(=NCC1CCS(=O)(=O)C1)N1CCCC1.I. The number of guanidine groups is 1. The Morgan fingerprint density at radius 3 is 2.50 bits per heavy atom. The summed E-state index contributed by atoms with van der Waals surface area (Å²) >= 11 is 0. The second-order valence-corrected chi connectivity index (χ2v) is 8.16. The summed E-state index contributed by atoms with van der Waals surface area (Å²) < 4.78 is 22.9. The number of halogens is 1. The van der Waals surface area contributed by atoms with Crippen molar-refractivity contribution in [3.05, 3.63) is 0 Å². The lowest BCUT2D eigenvalue weighted by Crippen LogP contribution is -2.43. The maximum atomic E-state index is 11.4. The zero-order valence-electron chi connectivity index (χ0n) is 12.3. The molecule has 2 saturated heterocycles. The zero-order chi connectivity index (χ0) is 13.9. The molecule has 1 atom stereocenters. The van der Waals surface area contributed by atoms with Gasteiger partial charge < -0.3 is 10.2 Å². The highest BCUT2D eigenvalue weighted by Crippen LogP contribution is 2.19. The van der Waals surface area contributed by atoms with Crippen molar-refractivity contribution in [2.45, 2.75) is 39.2 Å². The number of aliphatic imine (C=N–C) groups is 1. The minimum absolute atomic E-state index is 0. The number of sulfone groups is 1. The van der Waals surface area contributed by atoms with Crippen LogP contribution in [0.2, 0.25) is 0 Å². The number of nitrogens with zero attached hydrogens (tertiary/aromatic N) is 2. The number of hydrogen-bond acceptors (Lipinski definition) is 3. The standard InChI is InChI=1S/C13H25N3O2S.HI/c1-11(2)15-13(16-6-3-4-7-16)14-9-12-5-8-19(17,18)10-12;/h11-12H,3-10H2,1-2H3,(H,14,15);1H. The Balaban J connectivity index is 0.00000200. The topological polar surface area (TPSA) is 61.8 Å². The van der Waals surface area contributed by atoms with Crippen molar-refractivity contribution in [2.75, 3.05) is 31.1 Å². The molecule has 1 unspecified atom stereocenters. The molecular weight excluding hydrogens is 389 g/mol. The van der Waals surface area contributed by atoms with E-state index >= 15 is 0 Å². The van der Waals surface area contributed by atoms with E-state index in [1.807, 2.05) is 0 Å². The highest BCUT2D eigenvalue weighted by Gasteiger charge is 2.28. The van der Waals surface area contributed by atoms with Crippen LogP contribution in [0.4, 0.5) is 0 Å². The lowest BCUT2D eigenvalue weighted by atomic mass is 10.1. The zero-order valence-corrected chi connectivity index (χ0v) is 15.5. The lowest BCUT2D eigenvalue weighted by molar-refractivity contribution is 0.476. The van der Waals surface area contributed by atoms with Crippen molar-refractivity contribution >= 4 is 39.8 Å². The van der Waals surface area contributed by atoms with Crippen LogP contribution >= 0.6 is 24.0 Å². The Bertz CT molecular complexity index is 431. The Morgan fingerprint density at radius 2 is 2.00 bits per heavy atom. The summed E-state index contributed by atoms with van der Waals surface area (Å²) in [4.78, 5) is 6.94. The van der Waals surface area contributed by atoms with Gasteiger partial charge in [0.2, 0.25) is 0 Å². The highest BCUT2D eigenvalue weighted by atomic mass is 127. The second kappa shape index (κ2) is 7.82. The predicted molar refractivity (Wildman–Crippen MR) is 93.6 cm³/mol. The molecule has 7 heteroatoms. The van der Waals surface area contributed by atoms with Crippen molar-refractivity contribution < 1.29 is 8.42 Å². The number of nitrogens with one attached hydrogen (secondary N) is 1. The van der Waals surface area contributed by atoms with E-state index < -0.39 is 9.84 Å². The molecule has 0 spiro atoms. The molecule has 0 aliphatic carbocycles. The third kappa shape index (κ3) is 5.38. The Kier molecular flexibility index (Phi) is 7.03. The molecule has 1 N–H and O–H groups in total. The molecule has 20 heavy (non-hydrogen) atoms.